The summed E-state index contributed by atoms with van der Waals surface area (Å²) in [7, 11) is 0. The molecule has 1 aromatic rings. The third-order valence-electron chi connectivity index (χ3n) is 3.09. The summed E-state index contributed by atoms with van der Waals surface area (Å²) in [5.41, 5.74) is 0.455. The minimum Gasteiger partial charge on any atom is -0.490 e. The van der Waals surface area contributed by atoms with Crippen LogP contribution in [0.4, 0.5) is 4.39 Å². The van der Waals surface area contributed by atoms with E-state index < -0.39 is 11.8 Å². The summed E-state index contributed by atoms with van der Waals surface area (Å²) in [5, 5.41) is 8.58. The summed E-state index contributed by atoms with van der Waals surface area (Å²) in [5.74, 6) is -0.881. The van der Waals surface area contributed by atoms with E-state index in [0.29, 0.717) is 18.1 Å². The van der Waals surface area contributed by atoms with Gasteiger partial charge in [-0.3, -0.25) is 0 Å². The van der Waals surface area contributed by atoms with Gasteiger partial charge in [0.2, 0.25) is 0 Å². The van der Waals surface area contributed by atoms with E-state index in [9.17, 15) is 9.18 Å². The lowest BCUT2D eigenvalue weighted by atomic mass is 9.86. The summed E-state index contributed by atoms with van der Waals surface area (Å²) in [6.45, 7) is 0.495. The SMILES string of the molecule is O=C(O)/C=C/c1cccc(F)c1OCC1CCC1. The third-order valence-corrected chi connectivity index (χ3v) is 3.09. The van der Waals surface area contributed by atoms with Crippen molar-refractivity contribution in [3.63, 3.8) is 0 Å². The molecule has 0 heterocycles. The van der Waals surface area contributed by atoms with E-state index in [-0.39, 0.29) is 5.75 Å². The number of carbonyl (C=O) groups is 1. The van der Waals surface area contributed by atoms with Crippen molar-refractivity contribution in [3.05, 3.63) is 35.7 Å². The van der Waals surface area contributed by atoms with Crippen LogP contribution in [0.1, 0.15) is 24.8 Å². The number of carboxylic acid groups (broad SMARTS) is 1. The van der Waals surface area contributed by atoms with Gasteiger partial charge in [0, 0.05) is 11.6 Å². The number of rotatable bonds is 5. The Morgan fingerprint density at radius 1 is 1.50 bits per heavy atom. The van der Waals surface area contributed by atoms with Gasteiger partial charge in [0.25, 0.3) is 0 Å². The van der Waals surface area contributed by atoms with Gasteiger partial charge in [-0.25, -0.2) is 9.18 Å². The van der Waals surface area contributed by atoms with Crippen LogP contribution in [-0.4, -0.2) is 17.7 Å². The number of carboxylic acids is 1. The van der Waals surface area contributed by atoms with E-state index >= 15 is 0 Å². The average Bonchev–Trinajstić information content (AvgIpc) is 2.26. The van der Waals surface area contributed by atoms with E-state index in [2.05, 4.69) is 0 Å². The number of halogens is 1. The van der Waals surface area contributed by atoms with Gasteiger partial charge in [0.15, 0.2) is 11.6 Å². The molecule has 2 rings (SSSR count). The lowest BCUT2D eigenvalue weighted by Crippen LogP contribution is -2.19. The van der Waals surface area contributed by atoms with Crippen LogP contribution < -0.4 is 4.74 Å². The summed E-state index contributed by atoms with van der Waals surface area (Å²) < 4.78 is 19.1. The Morgan fingerprint density at radius 3 is 2.89 bits per heavy atom. The third kappa shape index (κ3) is 3.09. The summed E-state index contributed by atoms with van der Waals surface area (Å²) >= 11 is 0. The number of hydrogen-bond donors (Lipinski definition) is 1. The van der Waals surface area contributed by atoms with Crippen LogP contribution in [0.15, 0.2) is 24.3 Å². The molecule has 1 fully saturated rings. The largest absolute Gasteiger partial charge is 0.490 e. The molecular formula is C14H15FO3. The van der Waals surface area contributed by atoms with Gasteiger partial charge in [-0.05, 0) is 30.9 Å². The number of ether oxygens (including phenoxy) is 1. The highest BCUT2D eigenvalue weighted by Gasteiger charge is 2.19. The highest BCUT2D eigenvalue weighted by molar-refractivity contribution is 5.85. The van der Waals surface area contributed by atoms with Crippen molar-refractivity contribution in [2.24, 2.45) is 5.92 Å². The molecule has 0 aromatic heterocycles. The van der Waals surface area contributed by atoms with Crippen molar-refractivity contribution in [2.75, 3.05) is 6.61 Å². The quantitative estimate of drug-likeness (QED) is 0.817. The fourth-order valence-corrected chi connectivity index (χ4v) is 1.83. The van der Waals surface area contributed by atoms with Crippen LogP contribution in [0, 0.1) is 11.7 Å². The number of hydrogen-bond acceptors (Lipinski definition) is 2. The van der Waals surface area contributed by atoms with Crippen LogP contribution in [0.25, 0.3) is 6.08 Å². The minimum atomic E-state index is -1.07. The Bertz CT molecular complexity index is 464. The van der Waals surface area contributed by atoms with Gasteiger partial charge in [-0.2, -0.15) is 0 Å². The molecule has 1 N–H and O–H groups in total. The van der Waals surface area contributed by atoms with Crippen LogP contribution in [-0.2, 0) is 4.79 Å². The van der Waals surface area contributed by atoms with Crippen molar-refractivity contribution in [1.29, 1.82) is 0 Å². The van der Waals surface area contributed by atoms with Gasteiger partial charge in [0.05, 0.1) is 6.61 Å². The van der Waals surface area contributed by atoms with Crippen LogP contribution >= 0.6 is 0 Å². The first-order valence-electron chi connectivity index (χ1n) is 5.99. The molecule has 0 saturated heterocycles. The highest BCUT2D eigenvalue weighted by Crippen LogP contribution is 2.29. The highest BCUT2D eigenvalue weighted by atomic mass is 19.1. The maximum absolute atomic E-state index is 13.6. The number of benzene rings is 1. The zero-order valence-electron chi connectivity index (χ0n) is 9.93. The zero-order valence-corrected chi connectivity index (χ0v) is 9.93. The van der Waals surface area contributed by atoms with Crippen molar-refractivity contribution in [2.45, 2.75) is 19.3 Å². The molecule has 0 spiro atoms. The fourth-order valence-electron chi connectivity index (χ4n) is 1.83. The van der Waals surface area contributed by atoms with Crippen LogP contribution in [0.5, 0.6) is 5.75 Å². The predicted octanol–water partition coefficient (Wildman–Crippen LogP) is 3.10. The second-order valence-corrected chi connectivity index (χ2v) is 4.44. The van der Waals surface area contributed by atoms with Gasteiger partial charge < -0.3 is 9.84 Å². The molecule has 1 aliphatic rings. The smallest absolute Gasteiger partial charge is 0.328 e. The lowest BCUT2D eigenvalue weighted by Gasteiger charge is -2.25. The first-order chi connectivity index (χ1) is 8.66. The second kappa shape index (κ2) is 5.67. The topological polar surface area (TPSA) is 46.5 Å². The van der Waals surface area contributed by atoms with Gasteiger partial charge in [-0.1, -0.05) is 18.6 Å². The summed E-state index contributed by atoms with van der Waals surface area (Å²) in [6, 6.07) is 4.49. The molecule has 0 bridgehead atoms. The molecule has 0 atom stereocenters. The molecule has 1 saturated carbocycles. The van der Waals surface area contributed by atoms with Crippen molar-refractivity contribution in [3.8, 4) is 5.75 Å². The standard InChI is InChI=1S/C14H15FO3/c15-12-6-2-5-11(7-8-13(16)17)14(12)18-9-10-3-1-4-10/h2,5-8,10H,1,3-4,9H2,(H,16,17)/b8-7+. The number of aliphatic carboxylic acids is 1. The minimum absolute atomic E-state index is 0.141. The average molecular weight is 250 g/mol. The first kappa shape index (κ1) is 12.6. The van der Waals surface area contributed by atoms with Gasteiger partial charge in [-0.15, -0.1) is 0 Å². The van der Waals surface area contributed by atoms with E-state index in [1.807, 2.05) is 0 Å². The summed E-state index contributed by atoms with van der Waals surface area (Å²) in [6.07, 6.45) is 5.77. The van der Waals surface area contributed by atoms with E-state index in [1.54, 1.807) is 6.07 Å². The van der Waals surface area contributed by atoms with Crippen LogP contribution in [0.2, 0.25) is 0 Å². The van der Waals surface area contributed by atoms with Gasteiger partial charge >= 0.3 is 5.97 Å². The molecule has 3 nitrogen and oxygen atoms in total. The molecule has 1 aliphatic carbocycles. The van der Waals surface area contributed by atoms with Crippen LogP contribution in [0.3, 0.4) is 0 Å². The maximum Gasteiger partial charge on any atom is 0.328 e. The normalized spacial score (nSPS) is 15.6. The summed E-state index contributed by atoms with van der Waals surface area (Å²) in [4.78, 5) is 10.5. The Kier molecular flexibility index (Phi) is 3.97. The molecule has 4 heteroatoms. The predicted molar refractivity (Wildman–Crippen MR) is 65.9 cm³/mol. The second-order valence-electron chi connectivity index (χ2n) is 4.44. The molecule has 18 heavy (non-hydrogen) atoms. The van der Waals surface area contributed by atoms with E-state index in [1.165, 1.54) is 24.6 Å². The molecule has 0 amide bonds. The fraction of sp³-hybridized carbons (Fsp3) is 0.357. The van der Waals surface area contributed by atoms with Crippen molar-refractivity contribution >= 4 is 12.0 Å². The Morgan fingerprint density at radius 2 is 2.28 bits per heavy atom. The first-order valence-corrected chi connectivity index (χ1v) is 5.99. The van der Waals surface area contributed by atoms with Gasteiger partial charge in [0.1, 0.15) is 0 Å². The molecule has 0 unspecified atom stereocenters. The van der Waals surface area contributed by atoms with E-state index in [4.69, 9.17) is 9.84 Å². The van der Waals surface area contributed by atoms with Crippen molar-refractivity contribution < 1.29 is 19.0 Å². The molecule has 0 radical (unpaired) electrons. The van der Waals surface area contributed by atoms with E-state index in [0.717, 1.165) is 18.9 Å². The Hall–Kier alpha value is -1.84. The molecule has 1 aromatic carbocycles. The zero-order chi connectivity index (χ0) is 13.0. The lowest BCUT2D eigenvalue weighted by molar-refractivity contribution is -0.131. The van der Waals surface area contributed by atoms with Crippen molar-refractivity contribution in [1.82, 2.24) is 0 Å². The molecular weight excluding hydrogens is 235 g/mol. The monoisotopic (exact) mass is 250 g/mol. The Labute approximate surface area is 105 Å². The molecule has 96 valence electrons. The number of para-hydroxylation sites is 1. The Balaban J connectivity index is 2.12. The maximum atomic E-state index is 13.6. The molecule has 0 aliphatic heterocycles.